The highest BCUT2D eigenvalue weighted by Crippen LogP contribution is 2.49. The number of nitrogens with one attached hydrogen (secondary N) is 1. The zero-order chi connectivity index (χ0) is 14.7. The Balaban J connectivity index is 1.58. The molecule has 0 heterocycles. The predicted octanol–water partition coefficient (Wildman–Crippen LogP) is 5.88. The Morgan fingerprint density at radius 1 is 1.19 bits per heavy atom. The molecule has 1 spiro atoms. The van der Waals surface area contributed by atoms with Crippen LogP contribution in [-0.4, -0.2) is 6.04 Å². The molecular formula is C19H28ClN. The number of hydrogen-bond donors (Lipinski definition) is 1. The van der Waals surface area contributed by atoms with Crippen LogP contribution in [0.5, 0.6) is 0 Å². The largest absolute Gasteiger partial charge is 0.307 e. The van der Waals surface area contributed by atoms with Crippen LogP contribution in [0.4, 0.5) is 0 Å². The first-order valence-electron chi connectivity index (χ1n) is 8.72. The minimum Gasteiger partial charge on any atom is -0.307 e. The van der Waals surface area contributed by atoms with E-state index in [4.69, 9.17) is 11.6 Å². The normalized spacial score (nSPS) is 23.5. The summed E-state index contributed by atoms with van der Waals surface area (Å²) in [6.07, 6.45) is 12.6. The molecule has 2 heteroatoms. The molecule has 3 rings (SSSR count). The van der Waals surface area contributed by atoms with Gasteiger partial charge in [-0.25, -0.2) is 0 Å². The van der Waals surface area contributed by atoms with Gasteiger partial charge in [0.15, 0.2) is 0 Å². The van der Waals surface area contributed by atoms with Crippen molar-refractivity contribution < 1.29 is 0 Å². The summed E-state index contributed by atoms with van der Waals surface area (Å²) in [6.45, 7) is 2.26. The fourth-order valence-corrected chi connectivity index (χ4v) is 4.68. The van der Waals surface area contributed by atoms with Gasteiger partial charge in [-0.15, -0.1) is 0 Å². The third-order valence-corrected chi connectivity index (χ3v) is 6.04. The van der Waals surface area contributed by atoms with Crippen LogP contribution in [0.1, 0.15) is 76.3 Å². The molecule has 2 aliphatic rings. The van der Waals surface area contributed by atoms with Gasteiger partial charge in [0.1, 0.15) is 0 Å². The average molecular weight is 306 g/mol. The highest BCUT2D eigenvalue weighted by atomic mass is 35.5. The van der Waals surface area contributed by atoms with Crippen LogP contribution >= 0.6 is 11.6 Å². The molecule has 1 aromatic carbocycles. The molecule has 0 radical (unpaired) electrons. The van der Waals surface area contributed by atoms with E-state index in [-0.39, 0.29) is 0 Å². The van der Waals surface area contributed by atoms with Crippen LogP contribution < -0.4 is 5.32 Å². The van der Waals surface area contributed by atoms with Crippen molar-refractivity contribution in [3.05, 3.63) is 34.9 Å². The maximum atomic E-state index is 6.14. The summed E-state index contributed by atoms with van der Waals surface area (Å²) >= 11 is 6.14. The lowest BCUT2D eigenvalue weighted by Crippen LogP contribution is -2.38. The molecular weight excluding hydrogens is 278 g/mol. The summed E-state index contributed by atoms with van der Waals surface area (Å²) in [5, 5.41) is 4.75. The number of halogens is 1. The first kappa shape index (κ1) is 15.4. The van der Waals surface area contributed by atoms with Crippen molar-refractivity contribution in [1.82, 2.24) is 5.32 Å². The van der Waals surface area contributed by atoms with Crippen LogP contribution in [-0.2, 0) is 0 Å². The van der Waals surface area contributed by atoms with Crippen LogP contribution in [0.3, 0.4) is 0 Å². The Labute approximate surface area is 134 Å². The Kier molecular flexibility index (Phi) is 4.91. The van der Waals surface area contributed by atoms with Gasteiger partial charge >= 0.3 is 0 Å². The van der Waals surface area contributed by atoms with Gasteiger partial charge in [0.25, 0.3) is 0 Å². The average Bonchev–Trinajstić information content (AvgIpc) is 2.95. The Morgan fingerprint density at radius 3 is 2.52 bits per heavy atom. The molecule has 1 nitrogen and oxygen atoms in total. The van der Waals surface area contributed by atoms with E-state index >= 15 is 0 Å². The minimum absolute atomic E-state index is 0.450. The molecule has 2 saturated carbocycles. The smallest absolute Gasteiger partial charge is 0.0409 e. The van der Waals surface area contributed by atoms with Crippen molar-refractivity contribution in [1.29, 1.82) is 0 Å². The van der Waals surface area contributed by atoms with Gasteiger partial charge in [-0.1, -0.05) is 43.5 Å². The predicted molar refractivity (Wildman–Crippen MR) is 90.8 cm³/mol. The molecule has 0 saturated heterocycles. The van der Waals surface area contributed by atoms with Gasteiger partial charge in [-0.05, 0) is 68.1 Å². The summed E-state index contributed by atoms with van der Waals surface area (Å²) in [5.74, 6) is 0. The minimum atomic E-state index is 0.450. The topological polar surface area (TPSA) is 12.0 Å². The van der Waals surface area contributed by atoms with E-state index in [1.54, 1.807) is 0 Å². The maximum absolute atomic E-state index is 6.14. The Hall–Kier alpha value is -0.530. The van der Waals surface area contributed by atoms with Crippen molar-refractivity contribution in [2.45, 2.75) is 76.8 Å². The summed E-state index contributed by atoms with van der Waals surface area (Å²) in [6, 6.07) is 9.49. The number of hydrogen-bond acceptors (Lipinski definition) is 1. The van der Waals surface area contributed by atoms with Crippen molar-refractivity contribution in [2.75, 3.05) is 0 Å². The van der Waals surface area contributed by atoms with Gasteiger partial charge in [0.05, 0.1) is 0 Å². The monoisotopic (exact) mass is 305 g/mol. The zero-order valence-corrected chi connectivity index (χ0v) is 14.0. The van der Waals surface area contributed by atoms with Crippen molar-refractivity contribution >= 4 is 11.6 Å². The van der Waals surface area contributed by atoms with E-state index in [1.807, 2.05) is 6.07 Å². The first-order chi connectivity index (χ1) is 10.2. The third-order valence-electron chi connectivity index (χ3n) is 5.81. The zero-order valence-electron chi connectivity index (χ0n) is 13.2. The van der Waals surface area contributed by atoms with Gasteiger partial charge in [0, 0.05) is 17.1 Å². The van der Waals surface area contributed by atoms with E-state index < -0.39 is 0 Å². The molecule has 1 unspecified atom stereocenters. The van der Waals surface area contributed by atoms with Crippen molar-refractivity contribution in [3.8, 4) is 0 Å². The molecule has 1 N–H and O–H groups in total. The molecule has 0 bridgehead atoms. The molecule has 21 heavy (non-hydrogen) atoms. The third kappa shape index (κ3) is 3.63. The Morgan fingerprint density at radius 2 is 1.90 bits per heavy atom. The molecule has 116 valence electrons. The molecule has 0 aromatic heterocycles. The lowest BCUT2D eigenvalue weighted by molar-refractivity contribution is 0.162. The van der Waals surface area contributed by atoms with Crippen LogP contribution in [0.25, 0.3) is 0 Å². The van der Waals surface area contributed by atoms with E-state index in [2.05, 4.69) is 30.4 Å². The molecule has 0 aliphatic heterocycles. The Bertz CT molecular complexity index is 454. The summed E-state index contributed by atoms with van der Waals surface area (Å²) < 4.78 is 0. The fourth-order valence-electron chi connectivity index (χ4n) is 4.48. The highest BCUT2D eigenvalue weighted by molar-refractivity contribution is 6.30. The molecule has 1 atom stereocenters. The van der Waals surface area contributed by atoms with Gasteiger partial charge in [-0.2, -0.15) is 0 Å². The quantitative estimate of drug-likeness (QED) is 0.732. The SMILES string of the molecule is CCC(NC1CCC2(CCCC2)CC1)c1cccc(Cl)c1. The van der Waals surface area contributed by atoms with Crippen molar-refractivity contribution in [2.24, 2.45) is 5.41 Å². The number of benzene rings is 1. The summed E-state index contributed by atoms with van der Waals surface area (Å²) in [7, 11) is 0. The van der Waals surface area contributed by atoms with Crippen LogP contribution in [0.2, 0.25) is 5.02 Å². The van der Waals surface area contributed by atoms with Gasteiger partial charge in [0.2, 0.25) is 0 Å². The lowest BCUT2D eigenvalue weighted by atomic mass is 9.71. The fraction of sp³-hybridized carbons (Fsp3) is 0.684. The van der Waals surface area contributed by atoms with E-state index in [9.17, 15) is 0 Å². The second kappa shape index (κ2) is 6.71. The van der Waals surface area contributed by atoms with Gasteiger partial charge < -0.3 is 5.32 Å². The van der Waals surface area contributed by atoms with E-state index in [0.29, 0.717) is 12.1 Å². The van der Waals surface area contributed by atoms with Gasteiger partial charge in [-0.3, -0.25) is 0 Å². The molecule has 1 aromatic rings. The second-order valence-corrected chi connectivity index (χ2v) is 7.60. The van der Waals surface area contributed by atoms with Crippen LogP contribution in [0, 0.1) is 5.41 Å². The van der Waals surface area contributed by atoms with E-state index in [1.165, 1.54) is 56.9 Å². The molecule has 2 fully saturated rings. The lowest BCUT2D eigenvalue weighted by Gasteiger charge is -2.39. The molecule has 2 aliphatic carbocycles. The summed E-state index contributed by atoms with van der Waals surface area (Å²) in [4.78, 5) is 0. The van der Waals surface area contributed by atoms with Crippen LogP contribution in [0.15, 0.2) is 24.3 Å². The first-order valence-corrected chi connectivity index (χ1v) is 9.10. The summed E-state index contributed by atoms with van der Waals surface area (Å²) in [5.41, 5.74) is 2.07. The van der Waals surface area contributed by atoms with E-state index in [0.717, 1.165) is 16.9 Å². The molecule has 0 amide bonds. The highest BCUT2D eigenvalue weighted by Gasteiger charge is 2.37. The van der Waals surface area contributed by atoms with Crippen molar-refractivity contribution in [3.63, 3.8) is 0 Å². The maximum Gasteiger partial charge on any atom is 0.0409 e. The second-order valence-electron chi connectivity index (χ2n) is 7.16. The number of rotatable bonds is 4. The standard InChI is InChI=1S/C19H28ClN/c1-2-18(15-6-5-7-16(20)14-15)21-17-8-12-19(13-9-17)10-3-4-11-19/h5-7,14,17-18,21H,2-4,8-13H2,1H3.